The topological polar surface area (TPSA) is 80.9 Å². The Hall–Kier alpha value is -1.47. The normalized spacial score (nSPS) is 10.1. The summed E-state index contributed by atoms with van der Waals surface area (Å²) in [5, 5.41) is 4.69. The Morgan fingerprint density at radius 2 is 2.38 bits per heavy atom. The Balaban J connectivity index is 2.17. The van der Waals surface area contributed by atoms with Crippen LogP contribution in [0.3, 0.4) is 0 Å². The monoisotopic (exact) mass is 298 g/mol. The van der Waals surface area contributed by atoms with E-state index < -0.39 is 0 Å². The van der Waals surface area contributed by atoms with E-state index in [9.17, 15) is 4.79 Å². The molecule has 2 heterocycles. The van der Waals surface area contributed by atoms with E-state index in [0.29, 0.717) is 21.0 Å². The van der Waals surface area contributed by atoms with Crippen LogP contribution in [0.2, 0.25) is 0 Å². The van der Waals surface area contributed by atoms with E-state index >= 15 is 0 Å². The average molecular weight is 299 g/mol. The molecule has 16 heavy (non-hydrogen) atoms. The molecule has 2 aromatic heterocycles. The van der Waals surface area contributed by atoms with Crippen molar-refractivity contribution in [3.63, 3.8) is 0 Å². The van der Waals surface area contributed by atoms with E-state index in [1.165, 1.54) is 11.3 Å². The molecule has 0 bridgehead atoms. The summed E-state index contributed by atoms with van der Waals surface area (Å²) >= 11 is 4.51. The van der Waals surface area contributed by atoms with Gasteiger partial charge in [0.2, 0.25) is 0 Å². The van der Waals surface area contributed by atoms with Gasteiger partial charge >= 0.3 is 0 Å². The SMILES string of the molecule is Nc1nc(C(=O)Nc2ccncc2Br)cs1. The molecule has 0 atom stereocenters. The lowest BCUT2D eigenvalue weighted by molar-refractivity contribution is 0.102. The van der Waals surface area contributed by atoms with Crippen LogP contribution in [0.5, 0.6) is 0 Å². The van der Waals surface area contributed by atoms with Gasteiger partial charge in [0.25, 0.3) is 5.91 Å². The molecule has 0 saturated carbocycles. The first-order valence-electron chi connectivity index (χ1n) is 4.28. The second-order valence-electron chi connectivity index (χ2n) is 2.88. The van der Waals surface area contributed by atoms with Gasteiger partial charge in [-0.1, -0.05) is 0 Å². The van der Waals surface area contributed by atoms with Gasteiger partial charge in [-0.2, -0.15) is 0 Å². The highest BCUT2D eigenvalue weighted by molar-refractivity contribution is 9.10. The van der Waals surface area contributed by atoms with Crippen molar-refractivity contribution in [2.75, 3.05) is 11.1 Å². The van der Waals surface area contributed by atoms with Gasteiger partial charge in [0.15, 0.2) is 5.13 Å². The third kappa shape index (κ3) is 2.37. The summed E-state index contributed by atoms with van der Waals surface area (Å²) in [5.74, 6) is -0.292. The first-order chi connectivity index (χ1) is 7.66. The quantitative estimate of drug-likeness (QED) is 0.890. The van der Waals surface area contributed by atoms with Gasteiger partial charge in [0, 0.05) is 17.8 Å². The van der Waals surface area contributed by atoms with Crippen molar-refractivity contribution in [2.24, 2.45) is 0 Å². The second-order valence-corrected chi connectivity index (χ2v) is 4.62. The van der Waals surface area contributed by atoms with Crippen molar-refractivity contribution in [1.29, 1.82) is 0 Å². The summed E-state index contributed by atoms with van der Waals surface area (Å²) in [6, 6.07) is 1.69. The molecule has 0 aliphatic rings. The number of aromatic nitrogens is 2. The molecule has 1 amide bonds. The lowest BCUT2D eigenvalue weighted by Gasteiger charge is -2.04. The van der Waals surface area contributed by atoms with Gasteiger partial charge in [-0.3, -0.25) is 9.78 Å². The molecule has 7 heteroatoms. The molecule has 0 saturated heterocycles. The summed E-state index contributed by atoms with van der Waals surface area (Å²) in [7, 11) is 0. The Labute approximate surface area is 104 Å². The molecule has 0 unspecified atom stereocenters. The number of halogens is 1. The smallest absolute Gasteiger partial charge is 0.275 e. The highest BCUT2D eigenvalue weighted by atomic mass is 79.9. The van der Waals surface area contributed by atoms with Crippen LogP contribution in [-0.4, -0.2) is 15.9 Å². The summed E-state index contributed by atoms with van der Waals surface area (Å²) < 4.78 is 0.714. The van der Waals surface area contributed by atoms with Gasteiger partial charge in [-0.25, -0.2) is 4.98 Å². The van der Waals surface area contributed by atoms with E-state index in [0.717, 1.165) is 0 Å². The largest absolute Gasteiger partial charge is 0.375 e. The predicted octanol–water partition coefficient (Wildman–Crippen LogP) is 2.14. The number of nitrogens with one attached hydrogen (secondary N) is 1. The molecule has 0 fully saturated rings. The van der Waals surface area contributed by atoms with Crippen LogP contribution in [0.4, 0.5) is 10.8 Å². The molecule has 0 radical (unpaired) electrons. The van der Waals surface area contributed by atoms with Gasteiger partial charge in [0.1, 0.15) is 5.69 Å². The number of thiazole rings is 1. The maximum Gasteiger partial charge on any atom is 0.275 e. The molecule has 0 spiro atoms. The Morgan fingerprint density at radius 1 is 1.56 bits per heavy atom. The Morgan fingerprint density at radius 3 is 3.00 bits per heavy atom. The van der Waals surface area contributed by atoms with Crippen molar-refractivity contribution in [1.82, 2.24) is 9.97 Å². The molecule has 3 N–H and O–H groups in total. The van der Waals surface area contributed by atoms with Crippen molar-refractivity contribution < 1.29 is 4.79 Å². The minimum Gasteiger partial charge on any atom is -0.375 e. The summed E-state index contributed by atoms with van der Waals surface area (Å²) in [6.07, 6.45) is 3.20. The van der Waals surface area contributed by atoms with Gasteiger partial charge < -0.3 is 11.1 Å². The van der Waals surface area contributed by atoms with E-state index in [1.807, 2.05) is 0 Å². The Bertz CT molecular complexity index is 528. The standard InChI is InChI=1S/C9H7BrN4OS/c10-5-3-12-2-1-6(5)13-8(15)7-4-16-9(11)14-7/h1-4H,(H2,11,14)(H,12,13,15). The van der Waals surface area contributed by atoms with Gasteiger partial charge in [-0.15, -0.1) is 11.3 Å². The van der Waals surface area contributed by atoms with Crippen molar-refractivity contribution in [3.05, 3.63) is 34.0 Å². The molecule has 5 nitrogen and oxygen atoms in total. The molecule has 2 rings (SSSR count). The molecule has 2 aromatic rings. The number of nitrogen functional groups attached to an aromatic ring is 1. The average Bonchev–Trinajstić information content (AvgIpc) is 2.68. The number of carbonyl (C=O) groups is 1. The number of nitrogens with zero attached hydrogens (tertiary/aromatic N) is 2. The fraction of sp³-hybridized carbons (Fsp3) is 0. The van der Waals surface area contributed by atoms with Gasteiger partial charge in [0.05, 0.1) is 10.2 Å². The number of pyridine rings is 1. The molecule has 0 aliphatic carbocycles. The van der Waals surface area contributed by atoms with Crippen LogP contribution in [0.1, 0.15) is 10.5 Å². The molecule has 0 aliphatic heterocycles. The highest BCUT2D eigenvalue weighted by Crippen LogP contribution is 2.21. The van der Waals surface area contributed by atoms with Crippen molar-refractivity contribution in [3.8, 4) is 0 Å². The number of anilines is 2. The maximum atomic E-state index is 11.7. The summed E-state index contributed by atoms with van der Waals surface area (Å²) in [4.78, 5) is 19.5. The molecule has 82 valence electrons. The number of nitrogens with two attached hydrogens (primary N) is 1. The third-order valence-corrected chi connectivity index (χ3v) is 3.08. The van der Waals surface area contributed by atoms with Crippen LogP contribution in [0, 0.1) is 0 Å². The van der Waals surface area contributed by atoms with Crippen LogP contribution >= 0.6 is 27.3 Å². The Kier molecular flexibility index (Phi) is 3.16. The minimum absolute atomic E-state index is 0.292. The molecule has 0 aromatic carbocycles. The molecular weight excluding hydrogens is 292 g/mol. The zero-order chi connectivity index (χ0) is 11.5. The van der Waals surface area contributed by atoms with Gasteiger partial charge in [-0.05, 0) is 22.0 Å². The third-order valence-electron chi connectivity index (χ3n) is 1.78. The predicted molar refractivity (Wildman–Crippen MR) is 66.4 cm³/mol. The number of rotatable bonds is 2. The minimum atomic E-state index is -0.292. The summed E-state index contributed by atoms with van der Waals surface area (Å²) in [5.41, 5.74) is 6.40. The van der Waals surface area contributed by atoms with Crippen LogP contribution in [0.25, 0.3) is 0 Å². The van der Waals surface area contributed by atoms with E-state index in [-0.39, 0.29) is 5.91 Å². The van der Waals surface area contributed by atoms with Crippen LogP contribution in [0.15, 0.2) is 28.3 Å². The van der Waals surface area contributed by atoms with Crippen molar-refractivity contribution in [2.45, 2.75) is 0 Å². The first kappa shape index (κ1) is 11.0. The van der Waals surface area contributed by atoms with Crippen molar-refractivity contribution >= 4 is 44.0 Å². The van der Waals surface area contributed by atoms with Crippen LogP contribution in [-0.2, 0) is 0 Å². The number of amides is 1. The fourth-order valence-corrected chi connectivity index (χ4v) is 1.95. The number of hydrogen-bond donors (Lipinski definition) is 2. The second kappa shape index (κ2) is 4.58. The van der Waals surface area contributed by atoms with Crippen LogP contribution < -0.4 is 11.1 Å². The number of carbonyl (C=O) groups excluding carboxylic acids is 1. The van der Waals surface area contributed by atoms with E-state index in [4.69, 9.17) is 5.73 Å². The van der Waals surface area contributed by atoms with E-state index in [2.05, 4.69) is 31.2 Å². The highest BCUT2D eigenvalue weighted by Gasteiger charge is 2.11. The lowest BCUT2D eigenvalue weighted by atomic mass is 10.4. The first-order valence-corrected chi connectivity index (χ1v) is 5.96. The zero-order valence-corrected chi connectivity index (χ0v) is 10.4. The lowest BCUT2D eigenvalue weighted by Crippen LogP contribution is -2.12. The van der Waals surface area contributed by atoms with E-state index in [1.54, 1.807) is 23.8 Å². The summed E-state index contributed by atoms with van der Waals surface area (Å²) in [6.45, 7) is 0. The molecular formula is C9H7BrN4OS. The maximum absolute atomic E-state index is 11.7. The number of hydrogen-bond acceptors (Lipinski definition) is 5. The zero-order valence-electron chi connectivity index (χ0n) is 7.98. The fourth-order valence-electron chi connectivity index (χ4n) is 1.05.